The summed E-state index contributed by atoms with van der Waals surface area (Å²) in [5, 5.41) is 11.9. The molecule has 1 amide bonds. The Morgan fingerprint density at radius 2 is 1.72 bits per heavy atom. The third kappa shape index (κ3) is 5.55. The normalized spacial score (nSPS) is 17.0. The number of carbonyl (C=O) groups is 2. The van der Waals surface area contributed by atoms with Crippen molar-refractivity contribution in [3.05, 3.63) is 99.3 Å². The van der Waals surface area contributed by atoms with E-state index in [1.54, 1.807) is 67.0 Å². The van der Waals surface area contributed by atoms with Gasteiger partial charge in [0.25, 0.3) is 11.7 Å². The van der Waals surface area contributed by atoms with Crippen LogP contribution < -0.4 is 4.74 Å². The highest BCUT2D eigenvalue weighted by atomic mass is 35.5. The second-order valence-electron chi connectivity index (χ2n) is 8.54. The van der Waals surface area contributed by atoms with Crippen LogP contribution in [0.4, 0.5) is 0 Å². The SMILES string of the molecule is CCCCCOc1ccc(/C(O)=C2/C(=O)C(=O)N(Cc3ccncc3)C2c2ccc(Cl)c(Cl)c2)cc1. The fourth-order valence-corrected chi connectivity index (χ4v) is 4.47. The van der Waals surface area contributed by atoms with Crippen molar-refractivity contribution in [2.24, 2.45) is 0 Å². The largest absolute Gasteiger partial charge is 0.507 e. The van der Waals surface area contributed by atoms with E-state index in [1.807, 2.05) is 0 Å². The number of ketones is 1. The summed E-state index contributed by atoms with van der Waals surface area (Å²) >= 11 is 12.4. The van der Waals surface area contributed by atoms with Gasteiger partial charge in [-0.3, -0.25) is 14.6 Å². The van der Waals surface area contributed by atoms with Crippen LogP contribution in [0.25, 0.3) is 5.76 Å². The van der Waals surface area contributed by atoms with Gasteiger partial charge in [-0.2, -0.15) is 0 Å². The lowest BCUT2D eigenvalue weighted by atomic mass is 9.95. The molecule has 1 fully saturated rings. The highest BCUT2D eigenvalue weighted by Gasteiger charge is 2.46. The van der Waals surface area contributed by atoms with Crippen molar-refractivity contribution in [3.63, 3.8) is 0 Å². The van der Waals surface area contributed by atoms with Gasteiger partial charge in [0.1, 0.15) is 11.5 Å². The Bertz CT molecular complexity index is 1280. The van der Waals surface area contributed by atoms with E-state index in [1.165, 1.54) is 4.90 Å². The zero-order valence-corrected chi connectivity index (χ0v) is 21.3. The number of likely N-dealkylation sites (tertiary alicyclic amines) is 1. The number of ether oxygens (including phenoxy) is 1. The zero-order chi connectivity index (χ0) is 25.7. The molecular formula is C28H26Cl2N2O4. The van der Waals surface area contributed by atoms with Crippen LogP contribution in [-0.2, 0) is 16.1 Å². The maximum absolute atomic E-state index is 13.2. The number of rotatable bonds is 9. The summed E-state index contributed by atoms with van der Waals surface area (Å²) < 4.78 is 5.75. The summed E-state index contributed by atoms with van der Waals surface area (Å²) in [5.74, 6) is -1.07. The van der Waals surface area contributed by atoms with Crippen molar-refractivity contribution < 1.29 is 19.4 Å². The quantitative estimate of drug-likeness (QED) is 0.148. The zero-order valence-electron chi connectivity index (χ0n) is 19.8. The number of hydrogen-bond donors (Lipinski definition) is 1. The number of aromatic nitrogens is 1. The molecule has 1 aromatic heterocycles. The second kappa shape index (κ2) is 11.6. The highest BCUT2D eigenvalue weighted by molar-refractivity contribution is 6.46. The van der Waals surface area contributed by atoms with Crippen LogP contribution in [0.1, 0.15) is 48.9 Å². The number of carbonyl (C=O) groups excluding carboxylic acids is 2. The van der Waals surface area contributed by atoms with Crippen LogP contribution in [0.5, 0.6) is 5.75 Å². The van der Waals surface area contributed by atoms with Gasteiger partial charge >= 0.3 is 0 Å². The van der Waals surface area contributed by atoms with E-state index in [-0.39, 0.29) is 22.9 Å². The molecule has 1 N–H and O–H groups in total. The summed E-state index contributed by atoms with van der Waals surface area (Å²) in [6.07, 6.45) is 6.39. The monoisotopic (exact) mass is 524 g/mol. The van der Waals surface area contributed by atoms with Crippen molar-refractivity contribution >= 4 is 40.7 Å². The Hall–Kier alpha value is -3.35. The Balaban J connectivity index is 1.72. The standard InChI is InChI=1S/C28H26Cl2N2O4/c1-2-3-4-15-36-21-8-5-19(6-9-21)26(33)24-25(20-7-10-22(29)23(30)16-20)32(28(35)27(24)34)17-18-11-13-31-14-12-18/h5-14,16,25,33H,2-4,15,17H2,1H3/b26-24-. The average molecular weight is 525 g/mol. The van der Waals surface area contributed by atoms with E-state index in [0.717, 1.165) is 24.8 Å². The van der Waals surface area contributed by atoms with Gasteiger partial charge in [0, 0.05) is 24.5 Å². The van der Waals surface area contributed by atoms with Crippen molar-refractivity contribution in [2.45, 2.75) is 38.8 Å². The third-order valence-electron chi connectivity index (χ3n) is 6.05. The number of amides is 1. The average Bonchev–Trinajstić information content (AvgIpc) is 3.14. The molecule has 0 saturated carbocycles. The van der Waals surface area contributed by atoms with Gasteiger partial charge in [-0.15, -0.1) is 0 Å². The minimum absolute atomic E-state index is 0.0101. The molecule has 1 unspecified atom stereocenters. The molecule has 2 heterocycles. The molecule has 1 aliphatic rings. The molecule has 1 saturated heterocycles. The number of unbranched alkanes of at least 4 members (excludes halogenated alkanes) is 2. The fourth-order valence-electron chi connectivity index (χ4n) is 4.16. The number of hydrogen-bond acceptors (Lipinski definition) is 5. The lowest BCUT2D eigenvalue weighted by Gasteiger charge is -2.25. The summed E-state index contributed by atoms with van der Waals surface area (Å²) in [6, 6.07) is 14.4. The molecule has 6 nitrogen and oxygen atoms in total. The highest BCUT2D eigenvalue weighted by Crippen LogP contribution is 2.41. The number of halogens is 2. The van der Waals surface area contributed by atoms with E-state index in [0.29, 0.717) is 28.5 Å². The predicted octanol–water partition coefficient (Wildman–Crippen LogP) is 6.58. The minimum Gasteiger partial charge on any atom is -0.507 e. The van der Waals surface area contributed by atoms with E-state index < -0.39 is 17.7 Å². The maximum atomic E-state index is 13.2. The summed E-state index contributed by atoms with van der Waals surface area (Å²) in [4.78, 5) is 31.8. The molecule has 8 heteroatoms. The lowest BCUT2D eigenvalue weighted by molar-refractivity contribution is -0.140. The van der Waals surface area contributed by atoms with E-state index in [4.69, 9.17) is 27.9 Å². The molecule has 1 atom stereocenters. The van der Waals surface area contributed by atoms with Gasteiger partial charge in [-0.1, -0.05) is 49.0 Å². The predicted molar refractivity (Wildman–Crippen MR) is 140 cm³/mol. The Morgan fingerprint density at radius 1 is 1.00 bits per heavy atom. The minimum atomic E-state index is -0.849. The molecule has 0 radical (unpaired) electrons. The van der Waals surface area contributed by atoms with E-state index in [2.05, 4.69) is 11.9 Å². The van der Waals surface area contributed by atoms with Crippen molar-refractivity contribution in [1.82, 2.24) is 9.88 Å². The first-order valence-electron chi connectivity index (χ1n) is 11.8. The molecule has 0 bridgehead atoms. The molecular weight excluding hydrogens is 499 g/mol. The van der Waals surface area contributed by atoms with Crippen LogP contribution in [0.3, 0.4) is 0 Å². The van der Waals surface area contributed by atoms with E-state index in [9.17, 15) is 14.7 Å². The first-order valence-corrected chi connectivity index (χ1v) is 12.5. The first kappa shape index (κ1) is 25.7. The van der Waals surface area contributed by atoms with Crippen molar-refractivity contribution in [1.29, 1.82) is 0 Å². The molecule has 186 valence electrons. The molecule has 0 spiro atoms. The Morgan fingerprint density at radius 3 is 2.39 bits per heavy atom. The Labute approximate surface area is 220 Å². The van der Waals surface area contributed by atoms with Gasteiger partial charge in [-0.05, 0) is 66.1 Å². The molecule has 3 aromatic rings. The second-order valence-corrected chi connectivity index (χ2v) is 9.35. The number of aliphatic hydroxyl groups is 1. The van der Waals surface area contributed by atoms with Crippen LogP contribution in [0.2, 0.25) is 10.0 Å². The van der Waals surface area contributed by atoms with Crippen LogP contribution in [0, 0.1) is 0 Å². The van der Waals surface area contributed by atoms with Gasteiger partial charge in [0.05, 0.1) is 28.3 Å². The van der Waals surface area contributed by atoms with Crippen LogP contribution in [-0.4, -0.2) is 33.3 Å². The maximum Gasteiger partial charge on any atom is 0.295 e. The number of aliphatic hydroxyl groups excluding tert-OH is 1. The number of pyridine rings is 1. The summed E-state index contributed by atoms with van der Waals surface area (Å²) in [7, 11) is 0. The van der Waals surface area contributed by atoms with Gasteiger partial charge in [0.15, 0.2) is 0 Å². The number of benzene rings is 2. The van der Waals surface area contributed by atoms with Crippen molar-refractivity contribution in [3.8, 4) is 5.75 Å². The van der Waals surface area contributed by atoms with Crippen molar-refractivity contribution in [2.75, 3.05) is 6.61 Å². The molecule has 0 aliphatic carbocycles. The topological polar surface area (TPSA) is 79.7 Å². The van der Waals surface area contributed by atoms with Crippen LogP contribution in [0.15, 0.2) is 72.6 Å². The fraction of sp³-hybridized carbons (Fsp3) is 0.250. The van der Waals surface area contributed by atoms with Gasteiger partial charge in [-0.25, -0.2) is 0 Å². The van der Waals surface area contributed by atoms with Gasteiger partial charge in [0.2, 0.25) is 0 Å². The molecule has 1 aliphatic heterocycles. The summed E-state index contributed by atoms with van der Waals surface area (Å²) in [5.41, 5.74) is 1.75. The third-order valence-corrected chi connectivity index (χ3v) is 6.79. The number of nitrogens with zero attached hydrogens (tertiary/aromatic N) is 2. The summed E-state index contributed by atoms with van der Waals surface area (Å²) in [6.45, 7) is 2.89. The molecule has 2 aromatic carbocycles. The molecule has 4 rings (SSSR count). The number of Topliss-reactive ketones (excluding diaryl/α,β-unsaturated/α-hetero) is 1. The first-order chi connectivity index (χ1) is 17.4. The smallest absolute Gasteiger partial charge is 0.295 e. The Kier molecular flexibility index (Phi) is 8.28. The van der Waals surface area contributed by atoms with Crippen LogP contribution >= 0.6 is 23.2 Å². The van der Waals surface area contributed by atoms with E-state index >= 15 is 0 Å². The van der Waals surface area contributed by atoms with Gasteiger partial charge < -0.3 is 14.7 Å². The lowest BCUT2D eigenvalue weighted by Crippen LogP contribution is -2.29. The molecule has 36 heavy (non-hydrogen) atoms.